The Morgan fingerprint density at radius 3 is 2.20 bits per heavy atom. The zero-order valence-electron chi connectivity index (χ0n) is 16.2. The fourth-order valence-electron chi connectivity index (χ4n) is 4.45. The molecule has 2 amide bonds. The number of benzene rings is 3. The predicted octanol–water partition coefficient (Wildman–Crippen LogP) is 4.71. The highest BCUT2D eigenvalue weighted by atomic mass is 16.2. The number of likely N-dealkylation sites (N-methyl/N-ethyl adjacent to an activating group) is 1. The standard InChI is InChI=1S/C25H17N3O2/c1-28-24(29)22(23(25(28)30)18-13-26-19-8-4-2-7-16(18)19)14-10-11-17-15-6-3-5-9-20(15)27-21(17)12-14/h2-13,26-27H,1H3. The molecular formula is C25H17N3O2. The Balaban J connectivity index is 1.64. The van der Waals surface area contributed by atoms with Crippen LogP contribution in [-0.2, 0) is 9.59 Å². The fraction of sp³-hybridized carbons (Fsp3) is 0.0400. The van der Waals surface area contributed by atoms with E-state index in [1.54, 1.807) is 0 Å². The maximum Gasteiger partial charge on any atom is 0.261 e. The van der Waals surface area contributed by atoms with Crippen molar-refractivity contribution >= 4 is 55.7 Å². The number of nitrogens with zero attached hydrogens (tertiary/aromatic N) is 1. The lowest BCUT2D eigenvalue weighted by molar-refractivity contribution is -0.134. The summed E-state index contributed by atoms with van der Waals surface area (Å²) in [6.45, 7) is 0. The lowest BCUT2D eigenvalue weighted by atomic mass is 9.95. The summed E-state index contributed by atoms with van der Waals surface area (Å²) in [5, 5.41) is 3.15. The number of imide groups is 1. The van der Waals surface area contributed by atoms with Crippen molar-refractivity contribution in [1.29, 1.82) is 0 Å². The Bertz CT molecular complexity index is 1550. The van der Waals surface area contributed by atoms with E-state index in [2.05, 4.69) is 16.0 Å². The predicted molar refractivity (Wildman–Crippen MR) is 119 cm³/mol. The molecule has 0 saturated carbocycles. The molecule has 5 aromatic rings. The zero-order valence-corrected chi connectivity index (χ0v) is 16.2. The Morgan fingerprint density at radius 2 is 1.37 bits per heavy atom. The quantitative estimate of drug-likeness (QED) is 0.428. The molecule has 3 heterocycles. The summed E-state index contributed by atoms with van der Waals surface area (Å²) in [5.41, 5.74) is 5.27. The number of hydrogen-bond donors (Lipinski definition) is 2. The molecule has 3 aromatic carbocycles. The van der Waals surface area contributed by atoms with E-state index in [9.17, 15) is 9.59 Å². The average molecular weight is 391 g/mol. The van der Waals surface area contributed by atoms with Gasteiger partial charge >= 0.3 is 0 Å². The molecule has 1 aliphatic rings. The number of fused-ring (bicyclic) bond motifs is 4. The van der Waals surface area contributed by atoms with Crippen molar-refractivity contribution in [1.82, 2.24) is 14.9 Å². The Labute approximate surface area is 171 Å². The van der Waals surface area contributed by atoms with Crippen LogP contribution >= 0.6 is 0 Å². The van der Waals surface area contributed by atoms with E-state index in [0.717, 1.165) is 43.8 Å². The molecule has 5 nitrogen and oxygen atoms in total. The Hall–Kier alpha value is -4.12. The lowest BCUT2D eigenvalue weighted by Gasteiger charge is -2.06. The minimum absolute atomic E-state index is 0.281. The molecule has 0 radical (unpaired) electrons. The first kappa shape index (κ1) is 16.8. The molecule has 30 heavy (non-hydrogen) atoms. The molecule has 2 N–H and O–H groups in total. The monoisotopic (exact) mass is 391 g/mol. The number of carbonyl (C=O) groups is 2. The van der Waals surface area contributed by atoms with Crippen LogP contribution in [0.4, 0.5) is 0 Å². The van der Waals surface area contributed by atoms with Crippen LogP contribution in [0, 0.1) is 0 Å². The maximum atomic E-state index is 13.1. The number of hydrogen-bond acceptors (Lipinski definition) is 2. The number of nitrogens with one attached hydrogen (secondary N) is 2. The van der Waals surface area contributed by atoms with Crippen LogP contribution in [0.5, 0.6) is 0 Å². The van der Waals surface area contributed by atoms with Gasteiger partial charge in [0.15, 0.2) is 0 Å². The number of carbonyl (C=O) groups excluding carboxylic acids is 2. The molecule has 0 atom stereocenters. The summed E-state index contributed by atoms with van der Waals surface area (Å²) in [4.78, 5) is 34.0. The lowest BCUT2D eigenvalue weighted by Crippen LogP contribution is -2.26. The Kier molecular flexibility index (Phi) is 3.33. The van der Waals surface area contributed by atoms with E-state index in [4.69, 9.17) is 0 Å². The minimum atomic E-state index is -0.282. The second-order valence-corrected chi connectivity index (χ2v) is 7.60. The van der Waals surface area contributed by atoms with Gasteiger partial charge in [-0.1, -0.05) is 48.5 Å². The van der Waals surface area contributed by atoms with Crippen molar-refractivity contribution in [3.05, 3.63) is 84.1 Å². The van der Waals surface area contributed by atoms with Gasteiger partial charge in [0.25, 0.3) is 11.8 Å². The van der Waals surface area contributed by atoms with Crippen molar-refractivity contribution in [3.8, 4) is 0 Å². The summed E-state index contributed by atoms with van der Waals surface area (Å²) in [5.74, 6) is -0.563. The first-order valence-electron chi connectivity index (χ1n) is 9.77. The van der Waals surface area contributed by atoms with Gasteiger partial charge in [-0.25, -0.2) is 0 Å². The van der Waals surface area contributed by atoms with Gasteiger partial charge in [0.05, 0.1) is 11.1 Å². The highest BCUT2D eigenvalue weighted by molar-refractivity contribution is 6.49. The number of aromatic nitrogens is 2. The van der Waals surface area contributed by atoms with E-state index in [1.165, 1.54) is 11.9 Å². The van der Waals surface area contributed by atoms with Gasteiger partial charge in [0.2, 0.25) is 0 Å². The molecule has 0 bridgehead atoms. The summed E-state index contributed by atoms with van der Waals surface area (Å²) >= 11 is 0. The molecule has 0 aliphatic carbocycles. The molecule has 0 unspecified atom stereocenters. The maximum absolute atomic E-state index is 13.1. The number of amides is 2. The summed E-state index contributed by atoms with van der Waals surface area (Å²) in [6.07, 6.45) is 1.81. The topological polar surface area (TPSA) is 69.0 Å². The Morgan fingerprint density at radius 1 is 0.700 bits per heavy atom. The number of para-hydroxylation sites is 2. The van der Waals surface area contributed by atoms with Crippen molar-refractivity contribution in [2.75, 3.05) is 7.05 Å². The van der Waals surface area contributed by atoms with Crippen LogP contribution in [0.3, 0.4) is 0 Å². The van der Waals surface area contributed by atoms with E-state index < -0.39 is 0 Å². The highest BCUT2D eigenvalue weighted by Gasteiger charge is 2.38. The second-order valence-electron chi connectivity index (χ2n) is 7.60. The van der Waals surface area contributed by atoms with E-state index in [-0.39, 0.29) is 11.8 Å². The third kappa shape index (κ3) is 2.17. The van der Waals surface area contributed by atoms with Crippen LogP contribution in [0.1, 0.15) is 11.1 Å². The first-order chi connectivity index (χ1) is 14.6. The van der Waals surface area contributed by atoms with Crippen LogP contribution in [0.2, 0.25) is 0 Å². The molecule has 144 valence electrons. The number of aromatic amines is 2. The number of H-pyrrole nitrogens is 2. The fourth-order valence-corrected chi connectivity index (χ4v) is 4.45. The first-order valence-corrected chi connectivity index (χ1v) is 9.77. The normalized spacial score (nSPS) is 14.8. The van der Waals surface area contributed by atoms with Crippen LogP contribution in [-0.4, -0.2) is 33.7 Å². The van der Waals surface area contributed by atoms with Crippen LogP contribution in [0.15, 0.2) is 72.9 Å². The number of rotatable bonds is 2. The molecule has 2 aromatic heterocycles. The van der Waals surface area contributed by atoms with E-state index >= 15 is 0 Å². The largest absolute Gasteiger partial charge is 0.361 e. The highest BCUT2D eigenvalue weighted by Crippen LogP contribution is 2.39. The third-order valence-electron chi connectivity index (χ3n) is 5.94. The van der Waals surface area contributed by atoms with Gasteiger partial charge in [0.1, 0.15) is 0 Å². The minimum Gasteiger partial charge on any atom is -0.361 e. The molecular weight excluding hydrogens is 374 g/mol. The van der Waals surface area contributed by atoms with Crippen molar-refractivity contribution in [3.63, 3.8) is 0 Å². The molecule has 5 heteroatoms. The van der Waals surface area contributed by atoms with Gasteiger partial charge in [-0.2, -0.15) is 0 Å². The SMILES string of the molecule is CN1C(=O)C(c2ccc3c(c2)[nH]c2ccccc23)=C(c2c[nH]c3ccccc23)C1=O. The molecule has 6 rings (SSSR count). The second kappa shape index (κ2) is 5.94. The van der Waals surface area contributed by atoms with Gasteiger partial charge in [-0.05, 0) is 23.8 Å². The smallest absolute Gasteiger partial charge is 0.261 e. The van der Waals surface area contributed by atoms with E-state index in [1.807, 2.05) is 66.9 Å². The average Bonchev–Trinajstić information content (AvgIpc) is 3.42. The summed E-state index contributed by atoms with van der Waals surface area (Å²) in [7, 11) is 1.54. The third-order valence-corrected chi connectivity index (χ3v) is 5.94. The van der Waals surface area contributed by atoms with Gasteiger partial charge in [-0.15, -0.1) is 0 Å². The van der Waals surface area contributed by atoms with Crippen molar-refractivity contribution in [2.24, 2.45) is 0 Å². The van der Waals surface area contributed by atoms with Gasteiger partial charge in [0, 0.05) is 51.5 Å². The molecule has 0 fully saturated rings. The van der Waals surface area contributed by atoms with Crippen molar-refractivity contribution in [2.45, 2.75) is 0 Å². The van der Waals surface area contributed by atoms with E-state index in [0.29, 0.717) is 11.1 Å². The van der Waals surface area contributed by atoms with Crippen molar-refractivity contribution < 1.29 is 9.59 Å². The van der Waals surface area contributed by atoms with Crippen LogP contribution < -0.4 is 0 Å². The van der Waals surface area contributed by atoms with Crippen LogP contribution in [0.25, 0.3) is 43.9 Å². The van der Waals surface area contributed by atoms with Gasteiger partial charge < -0.3 is 9.97 Å². The summed E-state index contributed by atoms with van der Waals surface area (Å²) < 4.78 is 0. The summed E-state index contributed by atoms with van der Waals surface area (Å²) in [6, 6.07) is 21.8. The van der Waals surface area contributed by atoms with Gasteiger partial charge in [-0.3, -0.25) is 14.5 Å². The zero-order chi connectivity index (χ0) is 20.4. The molecule has 1 aliphatic heterocycles. The molecule has 0 spiro atoms. The molecule has 0 saturated heterocycles.